The standard InChI is InChI=1S/C13H27N.C2H4O2/c1-3-5-6-10-14-11-7-9-13(12-14)8-4-2;1-2(3)4/h13H,3-12H2,1-2H3;1H3,(H,3,4). The van der Waals surface area contributed by atoms with Crippen LogP contribution in [0.2, 0.25) is 0 Å². The minimum Gasteiger partial charge on any atom is -0.550 e. The second-order valence-corrected chi connectivity index (χ2v) is 5.45. The third kappa shape index (κ3) is 10.6. The molecule has 0 aromatic rings. The van der Waals surface area contributed by atoms with Crippen LogP contribution >= 0.6 is 0 Å². The van der Waals surface area contributed by atoms with Crippen molar-refractivity contribution in [3.63, 3.8) is 0 Å². The molecule has 1 rings (SSSR count). The summed E-state index contributed by atoms with van der Waals surface area (Å²) in [4.78, 5) is 10.8. The largest absolute Gasteiger partial charge is 0.550 e. The zero-order valence-electron chi connectivity index (χ0n) is 12.5. The highest BCUT2D eigenvalue weighted by Gasteiger charge is 2.21. The molecule has 3 nitrogen and oxygen atoms in total. The van der Waals surface area contributed by atoms with Crippen LogP contribution in [0.4, 0.5) is 0 Å². The molecule has 0 bridgehead atoms. The molecule has 3 heteroatoms. The Kier molecular flexibility index (Phi) is 11.2. The number of carboxylic acid groups (broad SMARTS) is 1. The van der Waals surface area contributed by atoms with Crippen molar-refractivity contribution in [2.24, 2.45) is 5.92 Å². The third-order valence-corrected chi connectivity index (χ3v) is 3.55. The molecule has 1 aliphatic heterocycles. The zero-order valence-corrected chi connectivity index (χ0v) is 12.5. The van der Waals surface area contributed by atoms with Crippen molar-refractivity contribution in [2.75, 3.05) is 19.6 Å². The summed E-state index contributed by atoms with van der Waals surface area (Å²) in [6.07, 6.45) is 10.1. The molecule has 1 heterocycles. The number of rotatable bonds is 6. The first-order valence-corrected chi connectivity index (χ1v) is 7.61. The summed E-state index contributed by atoms with van der Waals surface area (Å²) in [7, 11) is 0. The quantitative estimate of drug-likeness (QED) is 0.722. The monoisotopic (exact) mass is 257 g/mol. The van der Waals surface area contributed by atoms with Crippen molar-refractivity contribution in [3.8, 4) is 0 Å². The van der Waals surface area contributed by atoms with Gasteiger partial charge in [0.25, 0.3) is 0 Å². The number of quaternary nitrogens is 1. The lowest BCUT2D eigenvalue weighted by atomic mass is 9.93. The van der Waals surface area contributed by atoms with Gasteiger partial charge in [-0.15, -0.1) is 0 Å². The molecular formula is C15H31NO2. The molecule has 2 unspecified atom stereocenters. The summed E-state index contributed by atoms with van der Waals surface area (Å²) in [5, 5.41) is 8.89. The van der Waals surface area contributed by atoms with Gasteiger partial charge in [-0.05, 0) is 39.0 Å². The number of aliphatic carboxylic acids is 1. The number of likely N-dealkylation sites (tertiary alicyclic amines) is 1. The smallest absolute Gasteiger partial charge is 0.0799 e. The maximum Gasteiger partial charge on any atom is 0.0799 e. The van der Waals surface area contributed by atoms with Crippen LogP contribution in [0.3, 0.4) is 0 Å². The van der Waals surface area contributed by atoms with E-state index in [1.165, 1.54) is 64.6 Å². The molecule has 0 aromatic carbocycles. The van der Waals surface area contributed by atoms with E-state index in [0.717, 1.165) is 12.8 Å². The third-order valence-electron chi connectivity index (χ3n) is 3.55. The van der Waals surface area contributed by atoms with E-state index < -0.39 is 5.97 Å². The topological polar surface area (TPSA) is 44.6 Å². The first-order valence-electron chi connectivity index (χ1n) is 7.61. The van der Waals surface area contributed by atoms with Crippen molar-refractivity contribution in [2.45, 2.75) is 65.7 Å². The van der Waals surface area contributed by atoms with Crippen LogP contribution in [0.25, 0.3) is 0 Å². The van der Waals surface area contributed by atoms with Crippen molar-refractivity contribution in [1.29, 1.82) is 0 Å². The summed E-state index contributed by atoms with van der Waals surface area (Å²) in [6, 6.07) is 0. The Labute approximate surface area is 113 Å². The van der Waals surface area contributed by atoms with Crippen LogP contribution in [0.1, 0.15) is 65.7 Å². The first kappa shape index (κ1) is 17.4. The van der Waals surface area contributed by atoms with E-state index in [2.05, 4.69) is 13.8 Å². The average Bonchev–Trinajstić information content (AvgIpc) is 2.30. The second-order valence-electron chi connectivity index (χ2n) is 5.45. The van der Waals surface area contributed by atoms with E-state index in [1.807, 2.05) is 4.90 Å². The molecular weight excluding hydrogens is 226 g/mol. The molecule has 0 saturated carbocycles. The van der Waals surface area contributed by atoms with E-state index in [-0.39, 0.29) is 0 Å². The molecule has 0 spiro atoms. The lowest BCUT2D eigenvalue weighted by molar-refractivity contribution is -0.909. The van der Waals surface area contributed by atoms with E-state index in [9.17, 15) is 0 Å². The Hall–Kier alpha value is -0.570. The van der Waals surface area contributed by atoms with Gasteiger partial charge in [0, 0.05) is 11.9 Å². The molecule has 18 heavy (non-hydrogen) atoms. The predicted octanol–water partition coefficient (Wildman–Crippen LogP) is 1.03. The summed E-state index contributed by atoms with van der Waals surface area (Å²) < 4.78 is 0. The maximum atomic E-state index is 8.89. The summed E-state index contributed by atoms with van der Waals surface area (Å²) in [5.41, 5.74) is 0. The molecule has 2 atom stereocenters. The number of carbonyl (C=O) groups excluding carboxylic acids is 1. The summed E-state index contributed by atoms with van der Waals surface area (Å²) in [6.45, 7) is 9.95. The fourth-order valence-electron chi connectivity index (χ4n) is 2.76. The van der Waals surface area contributed by atoms with E-state index >= 15 is 0 Å². The zero-order chi connectivity index (χ0) is 13.8. The highest BCUT2D eigenvalue weighted by molar-refractivity contribution is 5.60. The van der Waals surface area contributed by atoms with Gasteiger partial charge < -0.3 is 14.8 Å². The van der Waals surface area contributed by atoms with Gasteiger partial charge in [0.2, 0.25) is 0 Å². The van der Waals surface area contributed by atoms with Gasteiger partial charge in [0.1, 0.15) is 0 Å². The van der Waals surface area contributed by atoms with Crippen molar-refractivity contribution in [1.82, 2.24) is 0 Å². The first-order chi connectivity index (χ1) is 8.60. The molecule has 0 radical (unpaired) electrons. The average molecular weight is 257 g/mol. The Bertz CT molecular complexity index is 201. The lowest BCUT2D eigenvalue weighted by Gasteiger charge is -2.29. The number of hydrogen-bond donors (Lipinski definition) is 1. The summed E-state index contributed by atoms with van der Waals surface area (Å²) >= 11 is 0. The highest BCUT2D eigenvalue weighted by Crippen LogP contribution is 2.13. The molecule has 1 N–H and O–H groups in total. The van der Waals surface area contributed by atoms with Crippen LogP contribution in [0.5, 0.6) is 0 Å². The van der Waals surface area contributed by atoms with Gasteiger partial charge in [-0.3, -0.25) is 0 Å². The fraction of sp³-hybridized carbons (Fsp3) is 0.933. The van der Waals surface area contributed by atoms with Crippen molar-refractivity contribution in [3.05, 3.63) is 0 Å². The van der Waals surface area contributed by atoms with E-state index in [0.29, 0.717) is 0 Å². The second kappa shape index (κ2) is 11.5. The number of carbonyl (C=O) groups is 1. The maximum absolute atomic E-state index is 8.89. The Morgan fingerprint density at radius 2 is 1.94 bits per heavy atom. The van der Waals surface area contributed by atoms with Gasteiger partial charge in [-0.25, -0.2) is 0 Å². The van der Waals surface area contributed by atoms with Crippen LogP contribution in [-0.4, -0.2) is 25.6 Å². The van der Waals surface area contributed by atoms with Gasteiger partial charge in [0.15, 0.2) is 0 Å². The SMILES string of the molecule is CC(=O)[O-].CCCCC[NH+]1CCCC(CCC)C1. The van der Waals surface area contributed by atoms with Crippen molar-refractivity contribution < 1.29 is 14.8 Å². The molecule has 108 valence electrons. The van der Waals surface area contributed by atoms with Gasteiger partial charge >= 0.3 is 0 Å². The Balaban J connectivity index is 0.000000631. The number of carboxylic acids is 1. The molecule has 1 aliphatic rings. The van der Waals surface area contributed by atoms with Crippen molar-refractivity contribution >= 4 is 5.97 Å². The number of piperidine rings is 1. The lowest BCUT2D eigenvalue weighted by Crippen LogP contribution is -3.13. The minimum absolute atomic E-state index is 0.972. The number of nitrogens with one attached hydrogen (secondary N) is 1. The normalized spacial score (nSPS) is 23.1. The van der Waals surface area contributed by atoms with Crippen LogP contribution in [0, 0.1) is 5.92 Å². The Morgan fingerprint density at radius 1 is 1.28 bits per heavy atom. The van der Waals surface area contributed by atoms with Crippen LogP contribution in [0.15, 0.2) is 0 Å². The molecule has 1 fully saturated rings. The predicted molar refractivity (Wildman–Crippen MR) is 73.4 cm³/mol. The highest BCUT2D eigenvalue weighted by atomic mass is 16.4. The van der Waals surface area contributed by atoms with Gasteiger partial charge in [-0.2, -0.15) is 0 Å². The van der Waals surface area contributed by atoms with Gasteiger partial charge in [0.05, 0.1) is 19.6 Å². The van der Waals surface area contributed by atoms with E-state index in [4.69, 9.17) is 9.90 Å². The number of hydrogen-bond acceptors (Lipinski definition) is 2. The minimum atomic E-state index is -1.08. The molecule has 0 aromatic heterocycles. The van der Waals surface area contributed by atoms with Gasteiger partial charge in [-0.1, -0.05) is 26.7 Å². The Morgan fingerprint density at radius 3 is 2.50 bits per heavy atom. The fourth-order valence-corrected chi connectivity index (χ4v) is 2.76. The van der Waals surface area contributed by atoms with E-state index in [1.54, 1.807) is 0 Å². The number of unbranched alkanes of at least 4 members (excludes halogenated alkanes) is 2. The molecule has 1 saturated heterocycles. The molecule has 0 aliphatic carbocycles. The molecule has 0 amide bonds. The van der Waals surface area contributed by atoms with Crippen LogP contribution in [-0.2, 0) is 4.79 Å². The van der Waals surface area contributed by atoms with Crippen LogP contribution < -0.4 is 10.0 Å². The summed E-state index contributed by atoms with van der Waals surface area (Å²) in [5.74, 6) is -0.0367.